The lowest BCUT2D eigenvalue weighted by Crippen LogP contribution is -2.16. The summed E-state index contributed by atoms with van der Waals surface area (Å²) >= 11 is 0. The second-order valence-corrected chi connectivity index (χ2v) is 5.05. The third kappa shape index (κ3) is 4.24. The van der Waals surface area contributed by atoms with Crippen molar-refractivity contribution in [1.29, 1.82) is 0 Å². The molecule has 0 aromatic heterocycles. The molecule has 0 aliphatic carbocycles. The van der Waals surface area contributed by atoms with E-state index in [-0.39, 0.29) is 11.4 Å². The number of nitrogens with two attached hydrogens (primary N) is 1. The molecule has 1 unspecified atom stereocenters. The molecule has 1 aromatic carbocycles. The highest BCUT2D eigenvalue weighted by Gasteiger charge is 2.12. The first-order chi connectivity index (χ1) is 8.40. The predicted octanol–water partition coefficient (Wildman–Crippen LogP) is 3.41. The standard InChI is InChI=1S/C13H21N3O2/c1-9(2)4-5-10(3)15-11-6-7-13(16(17)18)12(14)8-11/h6-10,15H,4-5,14H2,1-3H3. The molecule has 100 valence electrons. The van der Waals surface area contributed by atoms with Crippen LogP contribution in [0.1, 0.15) is 33.6 Å². The molecule has 0 saturated heterocycles. The average Bonchev–Trinajstić information content (AvgIpc) is 2.26. The van der Waals surface area contributed by atoms with Gasteiger partial charge >= 0.3 is 0 Å². The second kappa shape index (κ2) is 6.23. The molecule has 0 saturated carbocycles. The van der Waals surface area contributed by atoms with Gasteiger partial charge in [-0.25, -0.2) is 0 Å². The molecule has 0 aliphatic heterocycles. The van der Waals surface area contributed by atoms with Gasteiger partial charge in [-0.3, -0.25) is 10.1 Å². The molecule has 0 fully saturated rings. The van der Waals surface area contributed by atoms with Gasteiger partial charge in [0.2, 0.25) is 0 Å². The molecule has 1 atom stereocenters. The van der Waals surface area contributed by atoms with Crippen molar-refractivity contribution in [3.05, 3.63) is 28.3 Å². The van der Waals surface area contributed by atoms with Crippen LogP contribution in [-0.2, 0) is 0 Å². The zero-order valence-electron chi connectivity index (χ0n) is 11.1. The lowest BCUT2D eigenvalue weighted by Gasteiger charge is -2.16. The number of benzene rings is 1. The van der Waals surface area contributed by atoms with Crippen molar-refractivity contribution in [2.24, 2.45) is 5.92 Å². The maximum absolute atomic E-state index is 10.6. The minimum Gasteiger partial charge on any atom is -0.393 e. The van der Waals surface area contributed by atoms with Gasteiger partial charge in [-0.15, -0.1) is 0 Å². The monoisotopic (exact) mass is 251 g/mol. The normalized spacial score (nSPS) is 12.4. The van der Waals surface area contributed by atoms with Crippen molar-refractivity contribution >= 4 is 17.1 Å². The van der Waals surface area contributed by atoms with E-state index in [2.05, 4.69) is 26.1 Å². The summed E-state index contributed by atoms with van der Waals surface area (Å²) in [5, 5.41) is 13.9. The van der Waals surface area contributed by atoms with Crippen LogP contribution in [-0.4, -0.2) is 11.0 Å². The molecule has 5 nitrogen and oxygen atoms in total. The lowest BCUT2D eigenvalue weighted by molar-refractivity contribution is -0.383. The lowest BCUT2D eigenvalue weighted by atomic mass is 10.0. The van der Waals surface area contributed by atoms with E-state index in [9.17, 15) is 10.1 Å². The molecular formula is C13H21N3O2. The van der Waals surface area contributed by atoms with Crippen molar-refractivity contribution in [3.8, 4) is 0 Å². The summed E-state index contributed by atoms with van der Waals surface area (Å²) in [7, 11) is 0. The number of nitro benzene ring substituents is 1. The van der Waals surface area contributed by atoms with Crippen LogP contribution >= 0.6 is 0 Å². The number of nitro groups is 1. The number of hydrogen-bond acceptors (Lipinski definition) is 4. The Morgan fingerprint density at radius 3 is 2.50 bits per heavy atom. The van der Waals surface area contributed by atoms with E-state index in [0.29, 0.717) is 12.0 Å². The first kappa shape index (κ1) is 14.3. The van der Waals surface area contributed by atoms with Gasteiger partial charge in [0.15, 0.2) is 0 Å². The van der Waals surface area contributed by atoms with Crippen LogP contribution in [0.4, 0.5) is 17.1 Å². The van der Waals surface area contributed by atoms with E-state index in [1.165, 1.54) is 6.07 Å². The van der Waals surface area contributed by atoms with Crippen LogP contribution in [0.3, 0.4) is 0 Å². The molecular weight excluding hydrogens is 230 g/mol. The Balaban J connectivity index is 2.63. The van der Waals surface area contributed by atoms with Crippen LogP contribution in [0, 0.1) is 16.0 Å². The molecule has 5 heteroatoms. The molecule has 0 spiro atoms. The third-order valence-electron chi connectivity index (χ3n) is 2.81. The van der Waals surface area contributed by atoms with Crippen LogP contribution in [0.15, 0.2) is 18.2 Å². The highest BCUT2D eigenvalue weighted by molar-refractivity contribution is 5.65. The SMILES string of the molecule is CC(C)CCC(C)Nc1ccc([N+](=O)[O-])c(N)c1. The highest BCUT2D eigenvalue weighted by atomic mass is 16.6. The molecule has 0 bridgehead atoms. The zero-order valence-corrected chi connectivity index (χ0v) is 11.1. The summed E-state index contributed by atoms with van der Waals surface area (Å²) in [6.07, 6.45) is 2.21. The number of rotatable bonds is 6. The summed E-state index contributed by atoms with van der Waals surface area (Å²) in [5.41, 5.74) is 6.62. The highest BCUT2D eigenvalue weighted by Crippen LogP contribution is 2.25. The van der Waals surface area contributed by atoms with Crippen molar-refractivity contribution < 1.29 is 4.92 Å². The smallest absolute Gasteiger partial charge is 0.292 e. The molecule has 1 rings (SSSR count). The summed E-state index contributed by atoms with van der Waals surface area (Å²) in [5.74, 6) is 0.677. The molecule has 3 N–H and O–H groups in total. The number of nitrogen functional groups attached to an aromatic ring is 1. The van der Waals surface area contributed by atoms with Gasteiger partial charge in [-0.2, -0.15) is 0 Å². The van der Waals surface area contributed by atoms with E-state index in [0.717, 1.165) is 18.5 Å². The topological polar surface area (TPSA) is 81.2 Å². The quantitative estimate of drug-likeness (QED) is 0.461. The van der Waals surface area contributed by atoms with E-state index in [4.69, 9.17) is 5.73 Å². The van der Waals surface area contributed by atoms with Crippen LogP contribution in [0.25, 0.3) is 0 Å². The molecule has 0 aliphatic rings. The predicted molar refractivity (Wildman–Crippen MR) is 74.7 cm³/mol. The molecule has 0 radical (unpaired) electrons. The fourth-order valence-corrected chi connectivity index (χ4v) is 1.75. The first-order valence-corrected chi connectivity index (χ1v) is 6.20. The zero-order chi connectivity index (χ0) is 13.7. The van der Waals surface area contributed by atoms with E-state index in [1.807, 2.05) is 0 Å². The summed E-state index contributed by atoms with van der Waals surface area (Å²) < 4.78 is 0. The van der Waals surface area contributed by atoms with Crippen molar-refractivity contribution in [3.63, 3.8) is 0 Å². The van der Waals surface area contributed by atoms with E-state index in [1.54, 1.807) is 12.1 Å². The molecule has 1 aromatic rings. The maximum atomic E-state index is 10.6. The maximum Gasteiger partial charge on any atom is 0.292 e. The second-order valence-electron chi connectivity index (χ2n) is 5.05. The Morgan fingerprint density at radius 1 is 1.33 bits per heavy atom. The first-order valence-electron chi connectivity index (χ1n) is 6.20. The Hall–Kier alpha value is -1.78. The number of hydrogen-bond donors (Lipinski definition) is 2. The Kier molecular flexibility index (Phi) is 4.95. The number of nitrogens with zero attached hydrogens (tertiary/aromatic N) is 1. The molecule has 0 heterocycles. The van der Waals surface area contributed by atoms with Gasteiger partial charge in [0.25, 0.3) is 5.69 Å². The average molecular weight is 251 g/mol. The van der Waals surface area contributed by atoms with Gasteiger partial charge in [0.1, 0.15) is 5.69 Å². The summed E-state index contributed by atoms with van der Waals surface area (Å²) in [6.45, 7) is 6.48. The Labute approximate surface area is 108 Å². The van der Waals surface area contributed by atoms with Crippen molar-refractivity contribution in [2.45, 2.75) is 39.7 Å². The Morgan fingerprint density at radius 2 is 2.00 bits per heavy atom. The fraction of sp³-hybridized carbons (Fsp3) is 0.538. The minimum absolute atomic E-state index is 0.0459. The van der Waals surface area contributed by atoms with Gasteiger partial charge in [-0.05, 0) is 37.8 Å². The Bertz CT molecular complexity index is 419. The molecule has 18 heavy (non-hydrogen) atoms. The van der Waals surface area contributed by atoms with Crippen molar-refractivity contribution in [1.82, 2.24) is 0 Å². The summed E-state index contributed by atoms with van der Waals surface area (Å²) in [4.78, 5) is 10.2. The largest absolute Gasteiger partial charge is 0.393 e. The fourth-order valence-electron chi connectivity index (χ4n) is 1.75. The van der Waals surface area contributed by atoms with E-state index >= 15 is 0 Å². The minimum atomic E-state index is -0.471. The number of nitrogens with one attached hydrogen (secondary N) is 1. The molecule has 0 amide bonds. The van der Waals surface area contributed by atoms with Crippen molar-refractivity contribution in [2.75, 3.05) is 11.1 Å². The van der Waals surface area contributed by atoms with Gasteiger partial charge in [-0.1, -0.05) is 13.8 Å². The summed E-state index contributed by atoms with van der Waals surface area (Å²) in [6, 6.07) is 5.07. The van der Waals surface area contributed by atoms with Crippen LogP contribution in [0.5, 0.6) is 0 Å². The third-order valence-corrected chi connectivity index (χ3v) is 2.81. The van der Waals surface area contributed by atoms with Crippen LogP contribution in [0.2, 0.25) is 0 Å². The van der Waals surface area contributed by atoms with Gasteiger partial charge in [0, 0.05) is 17.8 Å². The van der Waals surface area contributed by atoms with Crippen LogP contribution < -0.4 is 11.1 Å². The van der Waals surface area contributed by atoms with Gasteiger partial charge < -0.3 is 11.1 Å². The van der Waals surface area contributed by atoms with Gasteiger partial charge in [0.05, 0.1) is 4.92 Å². The van der Waals surface area contributed by atoms with E-state index < -0.39 is 4.92 Å². The number of anilines is 2.